The first kappa shape index (κ1) is 12.1. The second kappa shape index (κ2) is 5.29. The number of nitrogens with zero attached hydrogens (tertiary/aromatic N) is 1. The molecule has 0 spiro atoms. The summed E-state index contributed by atoms with van der Waals surface area (Å²) in [6.45, 7) is 1.36. The molecule has 1 saturated heterocycles. The highest BCUT2D eigenvalue weighted by molar-refractivity contribution is 7.07. The van der Waals surface area contributed by atoms with Crippen molar-refractivity contribution in [2.75, 3.05) is 19.6 Å². The maximum absolute atomic E-state index is 11.9. The molecule has 0 radical (unpaired) electrons. The molecule has 1 aliphatic rings. The third-order valence-electron chi connectivity index (χ3n) is 2.76. The molecule has 1 aromatic rings. The summed E-state index contributed by atoms with van der Waals surface area (Å²) in [6.07, 6.45) is 0.357. The van der Waals surface area contributed by atoms with E-state index in [0.717, 1.165) is 5.56 Å². The highest BCUT2D eigenvalue weighted by Gasteiger charge is 2.27. The lowest BCUT2D eigenvalue weighted by molar-refractivity contribution is -0.142. The first-order valence-corrected chi connectivity index (χ1v) is 6.36. The van der Waals surface area contributed by atoms with Crippen LogP contribution in [0.2, 0.25) is 0 Å². The van der Waals surface area contributed by atoms with Gasteiger partial charge in [0.15, 0.2) is 0 Å². The minimum atomic E-state index is -0.905. The van der Waals surface area contributed by atoms with E-state index in [0.29, 0.717) is 19.5 Å². The van der Waals surface area contributed by atoms with E-state index in [4.69, 9.17) is 5.11 Å². The summed E-state index contributed by atoms with van der Waals surface area (Å²) < 4.78 is 0. The Kier molecular flexibility index (Phi) is 3.75. The Hall–Kier alpha value is -1.40. The van der Waals surface area contributed by atoms with E-state index in [2.05, 4.69) is 5.32 Å². The molecule has 0 aliphatic carbocycles. The second-order valence-electron chi connectivity index (χ2n) is 3.99. The fourth-order valence-corrected chi connectivity index (χ4v) is 2.49. The van der Waals surface area contributed by atoms with Crippen LogP contribution in [-0.4, -0.2) is 47.6 Å². The number of amides is 1. The molecule has 1 aromatic heterocycles. The van der Waals surface area contributed by atoms with Crippen molar-refractivity contribution in [3.63, 3.8) is 0 Å². The minimum absolute atomic E-state index is 0.00356. The van der Waals surface area contributed by atoms with Crippen LogP contribution in [-0.2, 0) is 16.0 Å². The van der Waals surface area contributed by atoms with Crippen molar-refractivity contribution in [1.82, 2.24) is 10.2 Å². The van der Waals surface area contributed by atoms with Gasteiger partial charge in [0.1, 0.15) is 6.04 Å². The number of piperazine rings is 1. The minimum Gasteiger partial charge on any atom is -0.480 e. The number of carbonyl (C=O) groups excluding carboxylic acids is 1. The SMILES string of the molecule is O=C(O)[C@@H]1CN(C(=O)Cc2ccsc2)CCN1. The number of thiophene rings is 1. The number of carbonyl (C=O) groups is 2. The molecule has 1 amide bonds. The predicted octanol–water partition coefficient (Wildman–Crippen LogP) is 0.176. The third-order valence-corrected chi connectivity index (χ3v) is 3.49. The van der Waals surface area contributed by atoms with Gasteiger partial charge in [-0.05, 0) is 22.4 Å². The molecule has 1 fully saturated rings. The molecule has 0 saturated carbocycles. The lowest BCUT2D eigenvalue weighted by Gasteiger charge is -2.31. The fourth-order valence-electron chi connectivity index (χ4n) is 1.82. The van der Waals surface area contributed by atoms with E-state index in [1.165, 1.54) is 0 Å². The maximum atomic E-state index is 11.9. The van der Waals surface area contributed by atoms with Gasteiger partial charge in [0.05, 0.1) is 6.42 Å². The molecule has 0 aromatic carbocycles. The summed E-state index contributed by atoms with van der Waals surface area (Å²) in [5.74, 6) is -0.908. The monoisotopic (exact) mass is 254 g/mol. The largest absolute Gasteiger partial charge is 0.480 e. The molecule has 6 heteroatoms. The molecular formula is C11H14N2O3S. The van der Waals surface area contributed by atoms with E-state index >= 15 is 0 Å². The average molecular weight is 254 g/mol. The van der Waals surface area contributed by atoms with Crippen LogP contribution in [0.1, 0.15) is 5.56 Å². The van der Waals surface area contributed by atoms with Crippen LogP contribution in [0.15, 0.2) is 16.8 Å². The van der Waals surface area contributed by atoms with Crippen LogP contribution >= 0.6 is 11.3 Å². The molecule has 5 nitrogen and oxygen atoms in total. The van der Waals surface area contributed by atoms with Crippen LogP contribution in [0.5, 0.6) is 0 Å². The first-order valence-electron chi connectivity index (χ1n) is 5.42. The van der Waals surface area contributed by atoms with E-state index in [9.17, 15) is 9.59 Å². The van der Waals surface area contributed by atoms with E-state index in [1.54, 1.807) is 16.2 Å². The van der Waals surface area contributed by atoms with Crippen LogP contribution in [0.3, 0.4) is 0 Å². The van der Waals surface area contributed by atoms with Gasteiger partial charge in [-0.3, -0.25) is 9.59 Å². The van der Waals surface area contributed by atoms with Crippen molar-refractivity contribution in [1.29, 1.82) is 0 Å². The zero-order valence-corrected chi connectivity index (χ0v) is 10.1. The fraction of sp³-hybridized carbons (Fsp3) is 0.455. The first-order chi connectivity index (χ1) is 8.16. The van der Waals surface area contributed by atoms with Gasteiger partial charge in [-0.1, -0.05) is 0 Å². The topological polar surface area (TPSA) is 69.6 Å². The van der Waals surface area contributed by atoms with Gasteiger partial charge in [0.2, 0.25) is 5.91 Å². The number of nitrogens with one attached hydrogen (secondary N) is 1. The molecule has 92 valence electrons. The molecule has 1 aliphatic heterocycles. The number of rotatable bonds is 3. The second-order valence-corrected chi connectivity index (χ2v) is 4.77. The van der Waals surface area contributed by atoms with Gasteiger partial charge < -0.3 is 15.3 Å². The Morgan fingerprint density at radius 2 is 2.41 bits per heavy atom. The quantitative estimate of drug-likeness (QED) is 0.807. The Bertz CT molecular complexity index is 405. The summed E-state index contributed by atoms with van der Waals surface area (Å²) in [4.78, 5) is 24.4. The predicted molar refractivity (Wildman–Crippen MR) is 64.0 cm³/mol. The van der Waals surface area contributed by atoms with Crippen molar-refractivity contribution < 1.29 is 14.7 Å². The Labute approximate surface area is 103 Å². The van der Waals surface area contributed by atoms with Gasteiger partial charge in [-0.2, -0.15) is 11.3 Å². The van der Waals surface area contributed by atoms with Crippen LogP contribution in [0, 0.1) is 0 Å². The number of aliphatic carboxylic acids is 1. The van der Waals surface area contributed by atoms with Crippen LogP contribution < -0.4 is 5.32 Å². The van der Waals surface area contributed by atoms with Crippen molar-refractivity contribution in [2.45, 2.75) is 12.5 Å². The normalized spacial score (nSPS) is 20.2. The lowest BCUT2D eigenvalue weighted by Crippen LogP contribution is -2.56. The van der Waals surface area contributed by atoms with E-state index in [-0.39, 0.29) is 12.5 Å². The summed E-state index contributed by atoms with van der Waals surface area (Å²) in [7, 11) is 0. The smallest absolute Gasteiger partial charge is 0.322 e. The van der Waals surface area contributed by atoms with Gasteiger partial charge in [-0.25, -0.2) is 0 Å². The molecule has 2 heterocycles. The van der Waals surface area contributed by atoms with Crippen LogP contribution in [0.4, 0.5) is 0 Å². The number of carboxylic acids is 1. The lowest BCUT2D eigenvalue weighted by atomic mass is 10.1. The summed E-state index contributed by atoms with van der Waals surface area (Å²) in [5.41, 5.74) is 0.991. The van der Waals surface area contributed by atoms with Gasteiger partial charge in [0.25, 0.3) is 0 Å². The maximum Gasteiger partial charge on any atom is 0.322 e. The van der Waals surface area contributed by atoms with Crippen molar-refractivity contribution >= 4 is 23.2 Å². The highest BCUT2D eigenvalue weighted by Crippen LogP contribution is 2.09. The Morgan fingerprint density at radius 1 is 1.59 bits per heavy atom. The number of hydrogen-bond acceptors (Lipinski definition) is 4. The third kappa shape index (κ3) is 3.04. The van der Waals surface area contributed by atoms with Crippen molar-refractivity contribution in [3.05, 3.63) is 22.4 Å². The van der Waals surface area contributed by atoms with Gasteiger partial charge >= 0.3 is 5.97 Å². The van der Waals surface area contributed by atoms with E-state index < -0.39 is 12.0 Å². The van der Waals surface area contributed by atoms with Crippen molar-refractivity contribution in [2.24, 2.45) is 0 Å². The molecule has 2 rings (SSSR count). The van der Waals surface area contributed by atoms with Gasteiger partial charge in [0, 0.05) is 19.6 Å². The average Bonchev–Trinajstić information content (AvgIpc) is 2.82. The standard InChI is InChI=1S/C11H14N2O3S/c14-10(5-8-1-4-17-7-8)13-3-2-12-9(6-13)11(15)16/h1,4,7,9,12H,2-3,5-6H2,(H,15,16)/t9-/m0/s1. The summed E-state index contributed by atoms with van der Waals surface area (Å²) in [6, 6.07) is 1.27. The number of hydrogen-bond donors (Lipinski definition) is 2. The zero-order chi connectivity index (χ0) is 12.3. The zero-order valence-electron chi connectivity index (χ0n) is 9.26. The molecule has 2 N–H and O–H groups in total. The Morgan fingerprint density at radius 3 is 3.06 bits per heavy atom. The van der Waals surface area contributed by atoms with E-state index in [1.807, 2.05) is 16.8 Å². The summed E-state index contributed by atoms with van der Waals surface area (Å²) in [5, 5.41) is 15.6. The molecule has 0 bridgehead atoms. The Balaban J connectivity index is 1.93. The molecule has 0 unspecified atom stereocenters. The van der Waals surface area contributed by atoms with Crippen LogP contribution in [0.25, 0.3) is 0 Å². The molecular weight excluding hydrogens is 240 g/mol. The molecule has 1 atom stereocenters. The molecule has 17 heavy (non-hydrogen) atoms. The number of carboxylic acid groups (broad SMARTS) is 1. The summed E-state index contributed by atoms with van der Waals surface area (Å²) >= 11 is 1.56. The highest BCUT2D eigenvalue weighted by atomic mass is 32.1. The van der Waals surface area contributed by atoms with Gasteiger partial charge in [-0.15, -0.1) is 0 Å². The van der Waals surface area contributed by atoms with Crippen molar-refractivity contribution in [3.8, 4) is 0 Å².